The first-order valence-corrected chi connectivity index (χ1v) is 11.7. The lowest BCUT2D eigenvalue weighted by Crippen LogP contribution is -2.29. The molecule has 0 radical (unpaired) electrons. The number of anilines is 1. The number of non-ortho nitro benzene ring substituents is 1. The van der Waals surface area contributed by atoms with Crippen LogP contribution in [0.1, 0.15) is 54.2 Å². The van der Waals surface area contributed by atoms with E-state index in [-0.39, 0.29) is 32.6 Å². The van der Waals surface area contributed by atoms with Gasteiger partial charge in [-0.05, 0) is 49.6 Å². The van der Waals surface area contributed by atoms with E-state index in [1.165, 1.54) is 30.2 Å². The molecule has 0 bridgehead atoms. The third kappa shape index (κ3) is 3.47. The number of rotatable bonds is 4. The first kappa shape index (κ1) is 23.4. The van der Waals surface area contributed by atoms with Crippen molar-refractivity contribution in [1.82, 2.24) is 4.98 Å². The van der Waals surface area contributed by atoms with Crippen molar-refractivity contribution in [3.05, 3.63) is 95.3 Å². The highest BCUT2D eigenvalue weighted by Crippen LogP contribution is 2.43. The van der Waals surface area contributed by atoms with Crippen molar-refractivity contribution in [2.75, 3.05) is 12.0 Å². The number of hydrogen-bond acceptors (Lipinski definition) is 9. The van der Waals surface area contributed by atoms with Crippen molar-refractivity contribution in [3.63, 3.8) is 0 Å². The van der Waals surface area contributed by atoms with E-state index in [2.05, 4.69) is 4.98 Å². The fourth-order valence-corrected chi connectivity index (χ4v) is 5.33. The number of carbonyl (C=O) groups excluding carboxylic acids is 2. The van der Waals surface area contributed by atoms with Crippen LogP contribution in [0.5, 0.6) is 0 Å². The Labute approximate surface area is 207 Å². The number of esters is 1. The summed E-state index contributed by atoms with van der Waals surface area (Å²) in [5.74, 6) is -1.41. The molecule has 2 aromatic heterocycles. The van der Waals surface area contributed by atoms with Crippen molar-refractivity contribution in [3.8, 4) is 0 Å². The van der Waals surface area contributed by atoms with Crippen LogP contribution in [0.3, 0.4) is 0 Å². The first-order valence-electron chi connectivity index (χ1n) is 10.8. The highest BCUT2D eigenvalue weighted by Gasteiger charge is 2.45. The molecule has 11 heteroatoms. The maximum Gasteiger partial charge on any atom is 0.350 e. The summed E-state index contributed by atoms with van der Waals surface area (Å²) in [6.07, 6.45) is 0. The molecule has 2 aromatic carbocycles. The van der Waals surface area contributed by atoms with Gasteiger partial charge in [-0.2, -0.15) is 0 Å². The van der Waals surface area contributed by atoms with Crippen LogP contribution in [0.15, 0.2) is 45.6 Å². The quantitative estimate of drug-likeness (QED) is 0.223. The van der Waals surface area contributed by atoms with E-state index in [4.69, 9.17) is 9.15 Å². The van der Waals surface area contributed by atoms with E-state index in [0.29, 0.717) is 16.6 Å². The zero-order chi connectivity index (χ0) is 25.9. The number of nitro benzene ring substituents is 1. The lowest BCUT2D eigenvalue weighted by atomic mass is 9.97. The van der Waals surface area contributed by atoms with Gasteiger partial charge < -0.3 is 9.15 Å². The Hall–Kier alpha value is -4.38. The number of benzene rings is 2. The summed E-state index contributed by atoms with van der Waals surface area (Å²) in [5.41, 5.74) is 2.16. The molecule has 0 unspecified atom stereocenters. The largest absolute Gasteiger partial charge is 0.465 e. The van der Waals surface area contributed by atoms with Gasteiger partial charge in [0.25, 0.3) is 11.6 Å². The van der Waals surface area contributed by atoms with E-state index in [9.17, 15) is 24.5 Å². The van der Waals surface area contributed by atoms with Crippen LogP contribution in [0.2, 0.25) is 0 Å². The summed E-state index contributed by atoms with van der Waals surface area (Å²) < 4.78 is 10.8. The van der Waals surface area contributed by atoms with Crippen molar-refractivity contribution in [2.45, 2.75) is 26.8 Å². The Balaban J connectivity index is 1.81. The van der Waals surface area contributed by atoms with Gasteiger partial charge in [-0.25, -0.2) is 9.78 Å². The number of fused-ring (bicyclic) bond motifs is 2. The molecule has 1 amide bonds. The van der Waals surface area contributed by atoms with Crippen LogP contribution >= 0.6 is 11.3 Å². The van der Waals surface area contributed by atoms with Gasteiger partial charge in [-0.15, -0.1) is 0 Å². The number of aromatic nitrogens is 1. The molecular weight excluding hydrogens is 486 g/mol. The van der Waals surface area contributed by atoms with E-state index in [0.717, 1.165) is 22.5 Å². The average molecular weight is 506 g/mol. The van der Waals surface area contributed by atoms with Gasteiger partial charge in [0.2, 0.25) is 5.76 Å². The smallest absolute Gasteiger partial charge is 0.350 e. The SMILES string of the molecule is COC(=O)c1sc(N2C(=O)c3oc4cc(C)c(C)cc4c(=O)c3[C@@H]2c2cccc([N+](=O)[O-])c2)nc1C. The molecule has 182 valence electrons. The minimum atomic E-state index is -1.05. The monoisotopic (exact) mass is 505 g/mol. The standard InChI is InChI=1S/C25H19N3O7S/c1-11-8-16-17(9-12(11)2)35-21-18(20(16)29)19(14-6-5-7-15(10-14)28(32)33)27(23(21)30)25-26-13(3)22(36-25)24(31)34-4/h5-10,19H,1-4H3/t19-/m0/s1. The fraction of sp³-hybridized carbons (Fsp3) is 0.200. The number of thiazole rings is 1. The number of hydrogen-bond donors (Lipinski definition) is 0. The van der Waals surface area contributed by atoms with E-state index < -0.39 is 28.3 Å². The molecule has 1 atom stereocenters. The van der Waals surface area contributed by atoms with E-state index in [1.54, 1.807) is 25.1 Å². The maximum absolute atomic E-state index is 13.8. The molecule has 0 spiro atoms. The number of amides is 1. The number of nitrogens with zero attached hydrogens (tertiary/aromatic N) is 3. The van der Waals surface area contributed by atoms with Gasteiger partial charge in [-0.3, -0.25) is 24.6 Å². The summed E-state index contributed by atoms with van der Waals surface area (Å²) in [5, 5.41) is 11.9. The number of nitro groups is 1. The maximum atomic E-state index is 13.8. The van der Waals surface area contributed by atoms with Gasteiger partial charge in [0.05, 0.1) is 34.7 Å². The topological polar surface area (TPSA) is 133 Å². The van der Waals surface area contributed by atoms with Crippen LogP contribution in [-0.2, 0) is 4.74 Å². The van der Waals surface area contributed by atoms with Crippen LogP contribution in [0, 0.1) is 30.9 Å². The lowest BCUT2D eigenvalue weighted by molar-refractivity contribution is -0.384. The summed E-state index contributed by atoms with van der Waals surface area (Å²) in [4.78, 5) is 56.5. The van der Waals surface area contributed by atoms with Crippen molar-refractivity contribution in [1.29, 1.82) is 0 Å². The van der Waals surface area contributed by atoms with Crippen LogP contribution < -0.4 is 10.3 Å². The molecule has 36 heavy (non-hydrogen) atoms. The number of ether oxygens (including phenoxy) is 1. The van der Waals surface area contributed by atoms with E-state index >= 15 is 0 Å². The minimum Gasteiger partial charge on any atom is -0.465 e. The molecule has 10 nitrogen and oxygen atoms in total. The summed E-state index contributed by atoms with van der Waals surface area (Å²) >= 11 is 0.930. The predicted molar refractivity (Wildman–Crippen MR) is 132 cm³/mol. The van der Waals surface area contributed by atoms with Gasteiger partial charge in [0, 0.05) is 12.1 Å². The second kappa shape index (κ2) is 8.38. The Bertz CT molecular complexity index is 1670. The fourth-order valence-electron chi connectivity index (χ4n) is 4.32. The Morgan fingerprint density at radius 1 is 1.17 bits per heavy atom. The third-order valence-electron chi connectivity index (χ3n) is 6.25. The highest BCUT2D eigenvalue weighted by atomic mass is 32.1. The van der Waals surface area contributed by atoms with Gasteiger partial charge >= 0.3 is 5.97 Å². The Morgan fingerprint density at radius 3 is 2.58 bits per heavy atom. The number of aryl methyl sites for hydroxylation is 3. The number of carbonyl (C=O) groups is 2. The molecule has 4 aromatic rings. The van der Waals surface area contributed by atoms with Gasteiger partial charge in [0.15, 0.2) is 10.6 Å². The van der Waals surface area contributed by atoms with Crippen LogP contribution in [0.4, 0.5) is 10.8 Å². The van der Waals surface area contributed by atoms with E-state index in [1.807, 2.05) is 13.8 Å². The summed E-state index contributed by atoms with van der Waals surface area (Å²) in [6, 6.07) is 8.07. The number of methoxy groups -OCH3 is 1. The molecular formula is C25H19N3O7S. The molecule has 1 aliphatic heterocycles. The summed E-state index contributed by atoms with van der Waals surface area (Å²) in [6.45, 7) is 5.34. The molecule has 0 saturated heterocycles. The molecule has 1 aliphatic rings. The van der Waals surface area contributed by atoms with Crippen LogP contribution in [0.25, 0.3) is 11.0 Å². The average Bonchev–Trinajstić information content (AvgIpc) is 3.37. The minimum absolute atomic E-state index is 0.0590. The van der Waals surface area contributed by atoms with Crippen LogP contribution in [-0.4, -0.2) is 28.9 Å². The molecule has 0 aliphatic carbocycles. The summed E-state index contributed by atoms with van der Waals surface area (Å²) in [7, 11) is 1.24. The molecule has 0 N–H and O–H groups in total. The zero-order valence-electron chi connectivity index (χ0n) is 19.6. The molecule has 5 rings (SSSR count). The van der Waals surface area contributed by atoms with Crippen molar-refractivity contribution < 1.29 is 23.7 Å². The highest BCUT2D eigenvalue weighted by molar-refractivity contribution is 7.17. The molecule has 0 saturated carbocycles. The third-order valence-corrected chi connectivity index (χ3v) is 7.38. The Morgan fingerprint density at radius 2 is 1.89 bits per heavy atom. The second-order valence-electron chi connectivity index (χ2n) is 8.44. The lowest BCUT2D eigenvalue weighted by Gasteiger charge is -2.22. The Kier molecular flexibility index (Phi) is 5.44. The molecule has 0 fully saturated rings. The second-order valence-corrected chi connectivity index (χ2v) is 9.42. The van der Waals surface area contributed by atoms with Gasteiger partial charge in [-0.1, -0.05) is 23.5 Å². The first-order chi connectivity index (χ1) is 17.1. The molecule has 3 heterocycles. The zero-order valence-corrected chi connectivity index (χ0v) is 20.5. The van der Waals surface area contributed by atoms with Gasteiger partial charge in [0.1, 0.15) is 10.5 Å². The predicted octanol–water partition coefficient (Wildman–Crippen LogP) is 4.62. The normalized spacial score (nSPS) is 14.8. The van der Waals surface area contributed by atoms with Crippen molar-refractivity contribution in [2.24, 2.45) is 0 Å². The van der Waals surface area contributed by atoms with Crippen molar-refractivity contribution >= 4 is 45.0 Å².